The summed E-state index contributed by atoms with van der Waals surface area (Å²) >= 11 is 0. The van der Waals surface area contributed by atoms with Gasteiger partial charge in [-0.05, 0) is 18.6 Å². The fourth-order valence-corrected chi connectivity index (χ4v) is 2.62. The Morgan fingerprint density at radius 1 is 1.28 bits per heavy atom. The summed E-state index contributed by atoms with van der Waals surface area (Å²) in [5.41, 5.74) is 2.00. The molecule has 0 saturated carbocycles. The number of benzene rings is 1. The molecule has 0 fully saturated rings. The van der Waals surface area contributed by atoms with Gasteiger partial charge in [0, 0.05) is 38.0 Å². The summed E-state index contributed by atoms with van der Waals surface area (Å²) < 4.78 is 6.83. The van der Waals surface area contributed by atoms with Crippen molar-refractivity contribution in [3.05, 3.63) is 65.7 Å². The quantitative estimate of drug-likeness (QED) is 0.689. The largest absolute Gasteiger partial charge is 0.360 e. The normalized spacial score (nSPS) is 12.1. The van der Waals surface area contributed by atoms with Crippen LogP contribution < -0.4 is 10.6 Å². The minimum absolute atomic E-state index is 0.176. The first-order chi connectivity index (χ1) is 12.1. The highest BCUT2D eigenvalue weighted by atomic mass is 16.5. The van der Waals surface area contributed by atoms with Crippen molar-refractivity contribution in [2.24, 2.45) is 7.05 Å². The summed E-state index contributed by atoms with van der Waals surface area (Å²) in [6, 6.07) is 12.8. The molecule has 130 valence electrons. The monoisotopic (exact) mass is 339 g/mol. The maximum atomic E-state index is 12.7. The van der Waals surface area contributed by atoms with Gasteiger partial charge in [0.05, 0.1) is 0 Å². The Labute approximate surface area is 146 Å². The predicted molar refractivity (Wildman–Crippen MR) is 94.0 cm³/mol. The van der Waals surface area contributed by atoms with Gasteiger partial charge in [0.2, 0.25) is 5.91 Å². The number of nitrogens with zero attached hydrogens (tertiary/aromatic N) is 3. The first kappa shape index (κ1) is 16.9. The highest BCUT2D eigenvalue weighted by Crippen LogP contribution is 2.16. The maximum Gasteiger partial charge on any atom is 0.247 e. The molecule has 2 heterocycles. The molecule has 3 rings (SSSR count). The lowest BCUT2D eigenvalue weighted by Gasteiger charge is -2.18. The molecule has 0 aliphatic rings. The van der Waals surface area contributed by atoms with Gasteiger partial charge in [0.1, 0.15) is 11.8 Å². The van der Waals surface area contributed by atoms with Crippen LogP contribution in [0, 0.1) is 6.92 Å². The zero-order valence-electron chi connectivity index (χ0n) is 14.3. The number of nitrogens with one attached hydrogen (secondary N) is 2. The third-order valence-electron chi connectivity index (χ3n) is 3.93. The van der Waals surface area contributed by atoms with E-state index in [0.29, 0.717) is 18.1 Å². The van der Waals surface area contributed by atoms with Gasteiger partial charge >= 0.3 is 0 Å². The molecular formula is C18H21N5O2. The summed E-state index contributed by atoms with van der Waals surface area (Å²) in [5, 5.41) is 14.1. The fraction of sp³-hybridized carbons (Fsp3) is 0.278. The van der Waals surface area contributed by atoms with Gasteiger partial charge in [-0.2, -0.15) is 5.10 Å². The number of carbonyl (C=O) groups excluding carboxylic acids is 1. The zero-order chi connectivity index (χ0) is 17.6. The van der Waals surface area contributed by atoms with Gasteiger partial charge in [0.15, 0.2) is 5.82 Å². The molecule has 1 atom stereocenters. The van der Waals surface area contributed by atoms with E-state index in [1.54, 1.807) is 19.2 Å². The van der Waals surface area contributed by atoms with E-state index < -0.39 is 6.04 Å². The van der Waals surface area contributed by atoms with Gasteiger partial charge in [0.25, 0.3) is 0 Å². The molecule has 7 heteroatoms. The summed E-state index contributed by atoms with van der Waals surface area (Å²) in [4.78, 5) is 12.7. The van der Waals surface area contributed by atoms with E-state index in [1.807, 2.05) is 48.1 Å². The number of anilines is 1. The molecule has 0 radical (unpaired) electrons. The Kier molecular flexibility index (Phi) is 5.25. The lowest BCUT2D eigenvalue weighted by Crippen LogP contribution is -2.34. The summed E-state index contributed by atoms with van der Waals surface area (Å²) in [5.74, 6) is 0.886. The maximum absolute atomic E-state index is 12.7. The molecule has 0 aliphatic carbocycles. The molecule has 1 aromatic carbocycles. The molecule has 2 aromatic heterocycles. The Balaban J connectivity index is 1.68. The molecule has 2 N–H and O–H groups in total. The van der Waals surface area contributed by atoms with E-state index in [1.165, 1.54) is 0 Å². The van der Waals surface area contributed by atoms with Crippen molar-refractivity contribution >= 4 is 11.7 Å². The molecular weight excluding hydrogens is 318 g/mol. The van der Waals surface area contributed by atoms with Crippen molar-refractivity contribution in [1.29, 1.82) is 0 Å². The summed E-state index contributed by atoms with van der Waals surface area (Å²) in [6.45, 7) is 2.42. The standard InChI is InChI=1S/C18H21N5O2/c1-13-12-16(22-25-13)21-18(24)17(14-6-4-3-5-7-14)19-10-8-15-9-11-20-23(15)2/h3-7,9,11-12,17,19H,8,10H2,1-2H3,(H,21,22,24). The van der Waals surface area contributed by atoms with E-state index in [0.717, 1.165) is 17.7 Å². The van der Waals surface area contributed by atoms with Crippen LogP contribution in [0.2, 0.25) is 0 Å². The lowest BCUT2D eigenvalue weighted by molar-refractivity contribution is -0.118. The molecule has 0 spiro atoms. The van der Waals surface area contributed by atoms with Crippen LogP contribution in [0.25, 0.3) is 0 Å². The second kappa shape index (κ2) is 7.76. The number of aromatic nitrogens is 3. The van der Waals surface area contributed by atoms with Crippen molar-refractivity contribution in [2.45, 2.75) is 19.4 Å². The first-order valence-corrected chi connectivity index (χ1v) is 8.13. The van der Waals surface area contributed by atoms with Crippen molar-refractivity contribution in [2.75, 3.05) is 11.9 Å². The fourth-order valence-electron chi connectivity index (χ4n) is 2.62. The third-order valence-corrected chi connectivity index (χ3v) is 3.93. The molecule has 1 amide bonds. The Morgan fingerprint density at radius 2 is 2.08 bits per heavy atom. The minimum Gasteiger partial charge on any atom is -0.360 e. The highest BCUT2D eigenvalue weighted by Gasteiger charge is 2.21. The molecule has 1 unspecified atom stereocenters. The number of hydrogen-bond donors (Lipinski definition) is 2. The van der Waals surface area contributed by atoms with Crippen molar-refractivity contribution in [1.82, 2.24) is 20.3 Å². The topological polar surface area (TPSA) is 85.0 Å². The summed E-state index contributed by atoms with van der Waals surface area (Å²) in [7, 11) is 1.91. The molecule has 3 aromatic rings. The van der Waals surface area contributed by atoms with Gasteiger partial charge < -0.3 is 15.2 Å². The van der Waals surface area contributed by atoms with Gasteiger partial charge in [-0.15, -0.1) is 0 Å². The third kappa shape index (κ3) is 4.33. The molecule has 7 nitrogen and oxygen atoms in total. The second-order valence-electron chi connectivity index (χ2n) is 5.81. The van der Waals surface area contributed by atoms with Crippen LogP contribution in [-0.2, 0) is 18.3 Å². The molecule has 25 heavy (non-hydrogen) atoms. The number of carbonyl (C=O) groups is 1. The average molecular weight is 339 g/mol. The van der Waals surface area contributed by atoms with E-state index in [9.17, 15) is 4.79 Å². The Bertz CT molecular complexity index is 825. The molecule has 0 bridgehead atoms. The second-order valence-corrected chi connectivity index (χ2v) is 5.81. The van der Waals surface area contributed by atoms with E-state index in [2.05, 4.69) is 20.9 Å². The van der Waals surface area contributed by atoms with Crippen LogP contribution in [0.15, 0.2) is 53.2 Å². The Morgan fingerprint density at radius 3 is 2.72 bits per heavy atom. The van der Waals surface area contributed by atoms with Gasteiger partial charge in [-0.3, -0.25) is 9.48 Å². The van der Waals surface area contributed by atoms with Crippen molar-refractivity contribution in [3.8, 4) is 0 Å². The average Bonchev–Trinajstić information content (AvgIpc) is 3.20. The van der Waals surface area contributed by atoms with Crippen LogP contribution in [0.4, 0.5) is 5.82 Å². The van der Waals surface area contributed by atoms with Crippen LogP contribution in [-0.4, -0.2) is 27.4 Å². The SMILES string of the molecule is Cc1cc(NC(=O)C(NCCc2ccnn2C)c2ccccc2)no1. The molecule has 0 saturated heterocycles. The van der Waals surface area contributed by atoms with Gasteiger partial charge in [-0.25, -0.2) is 0 Å². The van der Waals surface area contributed by atoms with Crippen molar-refractivity contribution in [3.63, 3.8) is 0 Å². The van der Waals surface area contributed by atoms with Crippen LogP contribution >= 0.6 is 0 Å². The predicted octanol–water partition coefficient (Wildman–Crippen LogP) is 2.23. The van der Waals surface area contributed by atoms with E-state index >= 15 is 0 Å². The Hall–Kier alpha value is -2.93. The lowest BCUT2D eigenvalue weighted by atomic mass is 10.1. The highest BCUT2D eigenvalue weighted by molar-refractivity contribution is 5.94. The zero-order valence-corrected chi connectivity index (χ0v) is 14.3. The number of amides is 1. The number of aryl methyl sites for hydroxylation is 2. The summed E-state index contributed by atoms with van der Waals surface area (Å²) in [6.07, 6.45) is 2.54. The smallest absolute Gasteiger partial charge is 0.247 e. The van der Waals surface area contributed by atoms with E-state index in [-0.39, 0.29) is 5.91 Å². The van der Waals surface area contributed by atoms with Crippen LogP contribution in [0.1, 0.15) is 23.1 Å². The number of rotatable bonds is 7. The first-order valence-electron chi connectivity index (χ1n) is 8.13. The number of hydrogen-bond acceptors (Lipinski definition) is 5. The van der Waals surface area contributed by atoms with Crippen molar-refractivity contribution < 1.29 is 9.32 Å². The molecule has 0 aliphatic heterocycles. The van der Waals surface area contributed by atoms with Gasteiger partial charge in [-0.1, -0.05) is 35.5 Å². The minimum atomic E-state index is -0.480. The van der Waals surface area contributed by atoms with Crippen LogP contribution in [0.3, 0.4) is 0 Å². The van der Waals surface area contributed by atoms with Crippen LogP contribution in [0.5, 0.6) is 0 Å². The van der Waals surface area contributed by atoms with E-state index in [4.69, 9.17) is 4.52 Å².